The number of thiophene rings is 1. The molecule has 180 valence electrons. The predicted molar refractivity (Wildman–Crippen MR) is 135 cm³/mol. The molecule has 8 heteroatoms. The number of rotatable bonds is 6. The molecule has 6 nitrogen and oxygen atoms in total. The van der Waals surface area contributed by atoms with E-state index in [4.69, 9.17) is 0 Å². The van der Waals surface area contributed by atoms with Crippen LogP contribution in [-0.2, 0) is 24.3 Å². The largest absolute Gasteiger partial charge is 0.341 e. The third kappa shape index (κ3) is 4.84. The Hall–Kier alpha value is -3.52. The number of amides is 1. The van der Waals surface area contributed by atoms with Gasteiger partial charge in [0.05, 0.1) is 12.1 Å². The number of likely N-dealkylation sites (tertiary alicyclic amines) is 1. The second kappa shape index (κ2) is 10.00. The van der Waals surface area contributed by atoms with E-state index in [0.717, 1.165) is 23.8 Å². The molecule has 1 fully saturated rings. The third-order valence-electron chi connectivity index (χ3n) is 6.75. The molecule has 1 amide bonds. The first-order valence-corrected chi connectivity index (χ1v) is 12.6. The molecular formula is C27H26FN3O3S. The van der Waals surface area contributed by atoms with Gasteiger partial charge in [-0.05, 0) is 48.3 Å². The van der Waals surface area contributed by atoms with Gasteiger partial charge < -0.3 is 4.90 Å². The highest BCUT2D eigenvalue weighted by molar-refractivity contribution is 7.17. The molecule has 3 heterocycles. The fraction of sp³-hybridized carbons (Fsp3) is 0.296. The normalized spacial score (nSPS) is 14.5. The number of fused-ring (bicyclic) bond motifs is 1. The molecule has 4 aromatic rings. The summed E-state index contributed by atoms with van der Waals surface area (Å²) in [6.07, 6.45) is 2.82. The zero-order chi connectivity index (χ0) is 24.4. The average Bonchev–Trinajstić information content (AvgIpc) is 3.37. The first-order valence-electron chi connectivity index (χ1n) is 11.8. The van der Waals surface area contributed by atoms with Crippen LogP contribution >= 0.6 is 11.3 Å². The van der Waals surface area contributed by atoms with Crippen molar-refractivity contribution in [1.82, 2.24) is 14.0 Å². The maximum atomic E-state index is 14.2. The second-order valence-electron chi connectivity index (χ2n) is 9.00. The highest BCUT2D eigenvalue weighted by Crippen LogP contribution is 2.22. The van der Waals surface area contributed by atoms with Crippen LogP contribution in [0.25, 0.3) is 10.2 Å². The third-order valence-corrected chi connectivity index (χ3v) is 7.64. The molecule has 0 aliphatic carbocycles. The molecule has 1 saturated heterocycles. The van der Waals surface area contributed by atoms with E-state index >= 15 is 0 Å². The van der Waals surface area contributed by atoms with E-state index in [0.29, 0.717) is 29.2 Å². The Morgan fingerprint density at radius 3 is 2.40 bits per heavy atom. The molecule has 2 aromatic carbocycles. The molecule has 1 aliphatic heterocycles. The first-order chi connectivity index (χ1) is 17.0. The highest BCUT2D eigenvalue weighted by Gasteiger charge is 2.25. The Bertz CT molecular complexity index is 1470. The van der Waals surface area contributed by atoms with Gasteiger partial charge in [-0.1, -0.05) is 48.5 Å². The fourth-order valence-corrected chi connectivity index (χ4v) is 5.63. The van der Waals surface area contributed by atoms with Gasteiger partial charge in [0.1, 0.15) is 17.1 Å². The zero-order valence-electron chi connectivity index (χ0n) is 19.2. The number of nitrogens with zero attached hydrogens (tertiary/aromatic N) is 3. The van der Waals surface area contributed by atoms with Crippen molar-refractivity contribution in [3.05, 3.63) is 104 Å². The van der Waals surface area contributed by atoms with Crippen LogP contribution in [0.15, 0.2) is 75.6 Å². The Labute approximate surface area is 205 Å². The van der Waals surface area contributed by atoms with E-state index < -0.39 is 17.1 Å². The van der Waals surface area contributed by atoms with Crippen LogP contribution in [0, 0.1) is 11.7 Å². The Morgan fingerprint density at radius 2 is 1.66 bits per heavy atom. The van der Waals surface area contributed by atoms with Crippen molar-refractivity contribution in [2.45, 2.75) is 32.4 Å². The molecular weight excluding hydrogens is 465 g/mol. The summed E-state index contributed by atoms with van der Waals surface area (Å²) >= 11 is 1.22. The van der Waals surface area contributed by atoms with Gasteiger partial charge in [-0.15, -0.1) is 11.3 Å². The molecule has 1 aliphatic rings. The van der Waals surface area contributed by atoms with Gasteiger partial charge in [-0.2, -0.15) is 0 Å². The van der Waals surface area contributed by atoms with Gasteiger partial charge in [0.25, 0.3) is 5.56 Å². The van der Waals surface area contributed by atoms with Gasteiger partial charge >= 0.3 is 5.69 Å². The number of hydrogen-bond acceptors (Lipinski definition) is 4. The fourth-order valence-electron chi connectivity index (χ4n) is 4.79. The van der Waals surface area contributed by atoms with E-state index in [1.807, 2.05) is 18.2 Å². The summed E-state index contributed by atoms with van der Waals surface area (Å²) in [5.41, 5.74) is 0.939. The number of hydrogen-bond donors (Lipinski definition) is 0. The number of halogens is 1. The van der Waals surface area contributed by atoms with Gasteiger partial charge in [0, 0.05) is 18.7 Å². The van der Waals surface area contributed by atoms with Crippen LogP contribution in [-0.4, -0.2) is 33.0 Å². The predicted octanol–water partition coefficient (Wildman–Crippen LogP) is 3.89. The smallest absolute Gasteiger partial charge is 0.332 e. The summed E-state index contributed by atoms with van der Waals surface area (Å²) in [5, 5.41) is 1.73. The summed E-state index contributed by atoms with van der Waals surface area (Å²) < 4.78 is 17.0. The summed E-state index contributed by atoms with van der Waals surface area (Å²) in [6, 6.07) is 18.1. The lowest BCUT2D eigenvalue weighted by atomic mass is 9.90. The van der Waals surface area contributed by atoms with Gasteiger partial charge in [0.2, 0.25) is 5.91 Å². The van der Waals surface area contributed by atoms with Crippen molar-refractivity contribution in [3.8, 4) is 0 Å². The van der Waals surface area contributed by atoms with Crippen LogP contribution in [0.3, 0.4) is 0 Å². The molecule has 0 radical (unpaired) electrons. The second-order valence-corrected chi connectivity index (χ2v) is 9.92. The monoisotopic (exact) mass is 491 g/mol. The minimum atomic E-state index is -0.600. The summed E-state index contributed by atoms with van der Waals surface area (Å²) in [7, 11) is 0. The maximum Gasteiger partial charge on any atom is 0.332 e. The average molecular weight is 492 g/mol. The van der Waals surface area contributed by atoms with Crippen molar-refractivity contribution in [2.75, 3.05) is 13.1 Å². The quantitative estimate of drug-likeness (QED) is 0.411. The summed E-state index contributed by atoms with van der Waals surface area (Å²) in [5.74, 6) is -0.102. The number of benzene rings is 2. The minimum absolute atomic E-state index is 0.145. The summed E-state index contributed by atoms with van der Waals surface area (Å²) in [6.45, 7) is 0.962. The molecule has 2 aromatic heterocycles. The van der Waals surface area contributed by atoms with Crippen molar-refractivity contribution in [1.29, 1.82) is 0 Å². The maximum absolute atomic E-state index is 14.2. The molecule has 0 saturated carbocycles. The number of carbonyl (C=O) groups excluding carboxylic acids is 1. The van der Waals surface area contributed by atoms with E-state index in [9.17, 15) is 18.8 Å². The standard InChI is InChI=1S/C27H26FN3O3S/c28-22-9-5-4-8-21(22)17-31-26(33)25-23(12-15-35-25)30(27(31)34)18-24(32)29-13-10-20(11-14-29)16-19-6-2-1-3-7-19/h1-9,12,15,20H,10-11,13-14,16-18H2. The van der Waals surface area contributed by atoms with Crippen molar-refractivity contribution < 1.29 is 9.18 Å². The van der Waals surface area contributed by atoms with Gasteiger partial charge in [-0.25, -0.2) is 9.18 Å². The van der Waals surface area contributed by atoms with Crippen molar-refractivity contribution in [2.24, 2.45) is 5.92 Å². The SMILES string of the molecule is O=C(Cn1c(=O)n(Cc2ccccc2F)c(=O)c2sccc21)N1CCC(Cc2ccccc2)CC1. The van der Waals surface area contributed by atoms with Crippen molar-refractivity contribution in [3.63, 3.8) is 0 Å². The van der Waals surface area contributed by atoms with Crippen LogP contribution in [0.1, 0.15) is 24.0 Å². The Balaban J connectivity index is 1.35. The molecule has 0 unspecified atom stereocenters. The Morgan fingerprint density at radius 1 is 0.943 bits per heavy atom. The molecule has 0 bridgehead atoms. The lowest BCUT2D eigenvalue weighted by molar-refractivity contribution is -0.133. The Kier molecular flexibility index (Phi) is 6.63. The number of piperidine rings is 1. The molecule has 35 heavy (non-hydrogen) atoms. The first kappa shape index (κ1) is 23.2. The zero-order valence-corrected chi connectivity index (χ0v) is 20.0. The number of carbonyl (C=O) groups is 1. The van der Waals surface area contributed by atoms with E-state index in [1.165, 1.54) is 27.5 Å². The lowest BCUT2D eigenvalue weighted by Gasteiger charge is -2.32. The molecule has 0 spiro atoms. The van der Waals surface area contributed by atoms with Crippen molar-refractivity contribution >= 4 is 27.5 Å². The topological polar surface area (TPSA) is 64.3 Å². The van der Waals surface area contributed by atoms with Crippen LogP contribution < -0.4 is 11.2 Å². The van der Waals surface area contributed by atoms with Crippen LogP contribution in [0.5, 0.6) is 0 Å². The van der Waals surface area contributed by atoms with E-state index in [2.05, 4.69) is 12.1 Å². The van der Waals surface area contributed by atoms with Gasteiger partial charge in [-0.3, -0.25) is 18.7 Å². The molecule has 5 rings (SSSR count). The lowest BCUT2D eigenvalue weighted by Crippen LogP contribution is -2.45. The van der Waals surface area contributed by atoms with Gasteiger partial charge in [0.15, 0.2) is 0 Å². The minimum Gasteiger partial charge on any atom is -0.341 e. The number of aromatic nitrogens is 2. The van der Waals surface area contributed by atoms with Crippen LogP contribution in [0.2, 0.25) is 0 Å². The van der Waals surface area contributed by atoms with E-state index in [-0.39, 0.29) is 24.6 Å². The van der Waals surface area contributed by atoms with Crippen LogP contribution in [0.4, 0.5) is 4.39 Å². The highest BCUT2D eigenvalue weighted by atomic mass is 32.1. The summed E-state index contributed by atoms with van der Waals surface area (Å²) in [4.78, 5) is 41.3. The van der Waals surface area contributed by atoms with E-state index in [1.54, 1.807) is 34.5 Å². The molecule has 0 N–H and O–H groups in total. The molecule has 0 atom stereocenters.